The number of H-pyrrole nitrogens is 1. The van der Waals surface area contributed by atoms with Crippen LogP contribution in [0.3, 0.4) is 0 Å². The van der Waals surface area contributed by atoms with Crippen molar-refractivity contribution >= 4 is 16.8 Å². The van der Waals surface area contributed by atoms with Gasteiger partial charge in [0.2, 0.25) is 5.89 Å². The first kappa shape index (κ1) is 20.2. The number of hydrogen-bond donors (Lipinski definition) is 1. The Kier molecular flexibility index (Phi) is 5.50. The number of aromatic amines is 1. The summed E-state index contributed by atoms with van der Waals surface area (Å²) < 4.78 is 16.7. The Morgan fingerprint density at radius 3 is 2.97 bits per heavy atom. The van der Waals surface area contributed by atoms with E-state index in [1.165, 1.54) is 0 Å². The van der Waals surface area contributed by atoms with E-state index in [0.717, 1.165) is 49.6 Å². The fourth-order valence-electron chi connectivity index (χ4n) is 4.94. The molecule has 8 heteroatoms. The molecule has 8 nitrogen and oxygen atoms in total. The predicted octanol–water partition coefficient (Wildman–Crippen LogP) is 3.34. The van der Waals surface area contributed by atoms with Crippen molar-refractivity contribution in [3.05, 3.63) is 47.7 Å². The molecule has 2 aliphatic heterocycles. The first-order chi connectivity index (χ1) is 15.1. The zero-order valence-electron chi connectivity index (χ0n) is 17.8. The zero-order chi connectivity index (χ0) is 21.3. The molecule has 1 spiro atoms. The van der Waals surface area contributed by atoms with Crippen LogP contribution in [0.2, 0.25) is 0 Å². The third-order valence-electron chi connectivity index (χ3n) is 6.56. The molecule has 0 aliphatic carbocycles. The third kappa shape index (κ3) is 4.22. The minimum absolute atomic E-state index is 0.0648. The number of likely N-dealkylation sites (tertiary alicyclic amines) is 1. The van der Waals surface area contributed by atoms with Crippen LogP contribution in [-0.2, 0) is 22.5 Å². The molecule has 0 saturated carbocycles. The van der Waals surface area contributed by atoms with E-state index in [4.69, 9.17) is 14.0 Å². The number of hydrogen-bond acceptors (Lipinski definition) is 6. The molecule has 4 heterocycles. The molecule has 3 aromatic rings. The minimum Gasteiger partial charge on any atom is -0.377 e. The molecule has 2 saturated heterocycles. The van der Waals surface area contributed by atoms with Crippen molar-refractivity contribution in [3.8, 4) is 0 Å². The van der Waals surface area contributed by atoms with Gasteiger partial charge < -0.3 is 23.9 Å². The number of piperidine rings is 1. The van der Waals surface area contributed by atoms with Gasteiger partial charge in [0.1, 0.15) is 12.3 Å². The highest BCUT2D eigenvalue weighted by molar-refractivity contribution is 5.98. The van der Waals surface area contributed by atoms with E-state index in [1.807, 2.05) is 35.2 Å². The van der Waals surface area contributed by atoms with Gasteiger partial charge in [0, 0.05) is 44.1 Å². The van der Waals surface area contributed by atoms with Gasteiger partial charge in [-0.2, -0.15) is 4.98 Å². The molecule has 31 heavy (non-hydrogen) atoms. The Bertz CT molecular complexity index is 1020. The van der Waals surface area contributed by atoms with Gasteiger partial charge in [0.05, 0.1) is 5.60 Å². The highest BCUT2D eigenvalue weighted by Gasteiger charge is 2.41. The van der Waals surface area contributed by atoms with Crippen molar-refractivity contribution in [1.82, 2.24) is 20.0 Å². The molecular weight excluding hydrogens is 396 g/mol. The van der Waals surface area contributed by atoms with E-state index in [1.54, 1.807) is 7.11 Å². The average Bonchev–Trinajstić information content (AvgIpc) is 3.41. The van der Waals surface area contributed by atoms with E-state index in [0.29, 0.717) is 43.0 Å². The zero-order valence-corrected chi connectivity index (χ0v) is 17.8. The summed E-state index contributed by atoms with van der Waals surface area (Å²) in [6.07, 6.45) is 4.42. The third-order valence-corrected chi connectivity index (χ3v) is 6.56. The Morgan fingerprint density at radius 2 is 2.16 bits per heavy atom. The number of ether oxygens (including phenoxy) is 2. The lowest BCUT2D eigenvalue weighted by molar-refractivity contribution is -0.124. The minimum atomic E-state index is -0.157. The van der Waals surface area contributed by atoms with Gasteiger partial charge in [-0.1, -0.05) is 23.4 Å². The quantitative estimate of drug-likeness (QED) is 0.675. The van der Waals surface area contributed by atoms with Crippen LogP contribution in [0.5, 0.6) is 0 Å². The molecule has 2 aromatic heterocycles. The number of methoxy groups -OCH3 is 1. The van der Waals surface area contributed by atoms with Crippen LogP contribution >= 0.6 is 0 Å². The van der Waals surface area contributed by atoms with Crippen LogP contribution in [0.25, 0.3) is 10.9 Å². The van der Waals surface area contributed by atoms with Gasteiger partial charge in [-0.15, -0.1) is 0 Å². The van der Waals surface area contributed by atoms with Crippen molar-refractivity contribution in [2.24, 2.45) is 5.92 Å². The van der Waals surface area contributed by atoms with Gasteiger partial charge in [-0.05, 0) is 43.7 Å². The molecule has 0 bridgehead atoms. The Labute approximate surface area is 180 Å². The van der Waals surface area contributed by atoms with E-state index in [-0.39, 0.29) is 11.5 Å². The van der Waals surface area contributed by atoms with Gasteiger partial charge >= 0.3 is 0 Å². The summed E-state index contributed by atoms with van der Waals surface area (Å²) >= 11 is 0. The molecule has 1 unspecified atom stereocenters. The van der Waals surface area contributed by atoms with Gasteiger partial charge in [0.15, 0.2) is 5.82 Å². The van der Waals surface area contributed by atoms with Crippen molar-refractivity contribution in [2.45, 2.75) is 44.3 Å². The smallest absolute Gasteiger partial charge is 0.270 e. The second-order valence-corrected chi connectivity index (χ2v) is 8.69. The highest BCUT2D eigenvalue weighted by atomic mass is 16.5. The van der Waals surface area contributed by atoms with E-state index >= 15 is 0 Å². The molecule has 164 valence electrons. The second-order valence-electron chi connectivity index (χ2n) is 8.69. The van der Waals surface area contributed by atoms with E-state index < -0.39 is 0 Å². The summed E-state index contributed by atoms with van der Waals surface area (Å²) in [7, 11) is 1.62. The molecule has 1 atom stereocenters. The number of carbonyl (C=O) groups is 1. The summed E-state index contributed by atoms with van der Waals surface area (Å²) in [5.74, 6) is 1.76. The molecule has 2 fully saturated rings. The lowest BCUT2D eigenvalue weighted by Gasteiger charge is -2.46. The maximum Gasteiger partial charge on any atom is 0.270 e. The topological polar surface area (TPSA) is 93.5 Å². The number of rotatable bonds is 5. The summed E-state index contributed by atoms with van der Waals surface area (Å²) in [6.45, 7) is 2.51. The van der Waals surface area contributed by atoms with Crippen molar-refractivity contribution in [2.75, 3.05) is 26.8 Å². The van der Waals surface area contributed by atoms with Crippen molar-refractivity contribution in [3.63, 3.8) is 0 Å². The number of aromatic nitrogens is 3. The van der Waals surface area contributed by atoms with Crippen molar-refractivity contribution < 1.29 is 18.8 Å². The maximum absolute atomic E-state index is 13.0. The Hall–Kier alpha value is -2.71. The average molecular weight is 425 g/mol. The van der Waals surface area contributed by atoms with Crippen LogP contribution in [0.15, 0.2) is 34.9 Å². The Balaban J connectivity index is 1.19. The molecule has 1 N–H and O–H groups in total. The SMILES string of the molecule is COCc1noc(CC2CCOC3(CCN(C(=O)c4cc5ccccc5[nH]4)CC3)C2)n1. The molecule has 1 amide bonds. The number of nitrogens with zero attached hydrogens (tertiary/aromatic N) is 3. The van der Waals surface area contributed by atoms with E-state index in [2.05, 4.69) is 15.1 Å². The normalized spacial score (nSPS) is 21.1. The standard InChI is InChI=1S/C23H28N4O4/c1-29-15-20-25-21(31-26-20)12-16-6-11-30-23(14-16)7-9-27(10-8-23)22(28)19-13-17-4-2-3-5-18(17)24-19/h2-5,13,16,24H,6-12,14-15H2,1H3. The number of para-hydroxylation sites is 1. The highest BCUT2D eigenvalue weighted by Crippen LogP contribution is 2.39. The number of amides is 1. The number of nitrogens with one attached hydrogen (secondary N) is 1. The number of fused-ring (bicyclic) bond motifs is 1. The maximum atomic E-state index is 13.0. The second kappa shape index (κ2) is 8.43. The van der Waals surface area contributed by atoms with Crippen LogP contribution in [0, 0.1) is 5.92 Å². The lowest BCUT2D eigenvalue weighted by Crippen LogP contribution is -2.51. The summed E-state index contributed by atoms with van der Waals surface area (Å²) in [4.78, 5) is 22.6. The number of benzene rings is 1. The molecular formula is C23H28N4O4. The predicted molar refractivity (Wildman–Crippen MR) is 114 cm³/mol. The van der Waals surface area contributed by atoms with Crippen LogP contribution in [0.4, 0.5) is 0 Å². The Morgan fingerprint density at radius 1 is 1.32 bits per heavy atom. The fourth-order valence-corrected chi connectivity index (χ4v) is 4.94. The van der Waals surface area contributed by atoms with Gasteiger partial charge in [-0.25, -0.2) is 0 Å². The van der Waals surface area contributed by atoms with Crippen LogP contribution < -0.4 is 0 Å². The summed E-state index contributed by atoms with van der Waals surface area (Å²) in [5, 5.41) is 5.02. The largest absolute Gasteiger partial charge is 0.377 e. The monoisotopic (exact) mass is 424 g/mol. The van der Waals surface area contributed by atoms with Crippen LogP contribution in [-0.4, -0.2) is 58.3 Å². The summed E-state index contributed by atoms with van der Waals surface area (Å²) in [5.41, 5.74) is 1.49. The summed E-state index contributed by atoms with van der Waals surface area (Å²) in [6, 6.07) is 9.91. The molecule has 0 radical (unpaired) electrons. The van der Waals surface area contributed by atoms with Gasteiger partial charge in [-0.3, -0.25) is 4.79 Å². The number of carbonyl (C=O) groups excluding carboxylic acids is 1. The molecule has 2 aliphatic rings. The van der Waals surface area contributed by atoms with Crippen LogP contribution in [0.1, 0.15) is 47.9 Å². The van der Waals surface area contributed by atoms with Crippen molar-refractivity contribution in [1.29, 1.82) is 0 Å². The van der Waals surface area contributed by atoms with Gasteiger partial charge in [0.25, 0.3) is 5.91 Å². The fraction of sp³-hybridized carbons (Fsp3) is 0.522. The first-order valence-electron chi connectivity index (χ1n) is 11.0. The molecule has 1 aromatic carbocycles. The first-order valence-corrected chi connectivity index (χ1v) is 11.0. The van der Waals surface area contributed by atoms with E-state index in [9.17, 15) is 4.79 Å². The lowest BCUT2D eigenvalue weighted by atomic mass is 9.78. The molecule has 5 rings (SSSR count).